The maximum Gasteiger partial charge on any atom is 0.0790 e. The molecule has 0 radical (unpaired) electrons. The second-order valence-electron chi connectivity index (χ2n) is 7.66. The Morgan fingerprint density at radius 1 is 1.15 bits per heavy atom. The van der Waals surface area contributed by atoms with Crippen LogP contribution in [-0.4, -0.2) is 15.8 Å². The van der Waals surface area contributed by atoms with Crippen molar-refractivity contribution in [3.8, 4) is 5.69 Å². The van der Waals surface area contributed by atoms with Gasteiger partial charge in [-0.1, -0.05) is 35.9 Å². The van der Waals surface area contributed by atoms with E-state index in [1.807, 2.05) is 10.9 Å². The van der Waals surface area contributed by atoms with Gasteiger partial charge in [-0.3, -0.25) is 0 Å². The molecule has 0 unspecified atom stereocenters. The van der Waals surface area contributed by atoms with Crippen molar-refractivity contribution < 1.29 is 0 Å². The van der Waals surface area contributed by atoms with Crippen LogP contribution in [0.5, 0.6) is 0 Å². The lowest BCUT2D eigenvalue weighted by molar-refractivity contribution is 0.544. The van der Waals surface area contributed by atoms with Crippen LogP contribution in [0.4, 0.5) is 0 Å². The SMILES string of the molecule is Cc1cc(-n2cc(Cl)cn2)ccc1CN[C@H](C)Cc1ccc2c(c1)CCC2. The summed E-state index contributed by atoms with van der Waals surface area (Å²) in [6, 6.07) is 13.9. The molecule has 140 valence electrons. The summed E-state index contributed by atoms with van der Waals surface area (Å²) in [4.78, 5) is 0. The van der Waals surface area contributed by atoms with Gasteiger partial charge in [0.15, 0.2) is 0 Å². The van der Waals surface area contributed by atoms with E-state index in [9.17, 15) is 0 Å². The molecule has 0 spiro atoms. The minimum Gasteiger partial charge on any atom is -0.310 e. The smallest absolute Gasteiger partial charge is 0.0790 e. The van der Waals surface area contributed by atoms with Crippen LogP contribution in [-0.2, 0) is 25.8 Å². The lowest BCUT2D eigenvalue weighted by atomic mass is 10.0. The summed E-state index contributed by atoms with van der Waals surface area (Å²) in [6.45, 7) is 5.29. The number of rotatable bonds is 6. The van der Waals surface area contributed by atoms with Crippen LogP contribution in [0.15, 0.2) is 48.8 Å². The van der Waals surface area contributed by atoms with Gasteiger partial charge in [-0.05, 0) is 79.5 Å². The summed E-state index contributed by atoms with van der Waals surface area (Å²) >= 11 is 5.97. The zero-order valence-corrected chi connectivity index (χ0v) is 16.8. The molecule has 1 atom stereocenters. The zero-order chi connectivity index (χ0) is 18.8. The van der Waals surface area contributed by atoms with Crippen molar-refractivity contribution in [3.05, 3.63) is 81.6 Å². The van der Waals surface area contributed by atoms with Crippen molar-refractivity contribution in [1.82, 2.24) is 15.1 Å². The number of benzene rings is 2. The lowest BCUT2D eigenvalue weighted by Crippen LogP contribution is -2.27. The van der Waals surface area contributed by atoms with E-state index in [1.165, 1.54) is 36.0 Å². The molecule has 0 aliphatic heterocycles. The quantitative estimate of drug-likeness (QED) is 0.650. The number of fused-ring (bicyclic) bond motifs is 1. The molecular weight excluding hydrogens is 354 g/mol. The van der Waals surface area contributed by atoms with Gasteiger partial charge in [-0.25, -0.2) is 4.68 Å². The minimum absolute atomic E-state index is 0.438. The Morgan fingerprint density at radius 3 is 2.78 bits per heavy atom. The normalized spacial score (nSPS) is 14.3. The summed E-state index contributed by atoms with van der Waals surface area (Å²) in [5.74, 6) is 0. The van der Waals surface area contributed by atoms with Crippen LogP contribution < -0.4 is 5.32 Å². The Kier molecular flexibility index (Phi) is 5.33. The van der Waals surface area contributed by atoms with Crippen molar-refractivity contribution in [1.29, 1.82) is 0 Å². The molecular formula is C23H26ClN3. The number of aromatic nitrogens is 2. The molecule has 1 heterocycles. The fraction of sp³-hybridized carbons (Fsp3) is 0.348. The Labute approximate surface area is 166 Å². The summed E-state index contributed by atoms with van der Waals surface area (Å²) in [5.41, 5.74) is 8.17. The van der Waals surface area contributed by atoms with E-state index < -0.39 is 0 Å². The third kappa shape index (κ3) is 4.26. The topological polar surface area (TPSA) is 29.9 Å². The highest BCUT2D eigenvalue weighted by atomic mass is 35.5. The van der Waals surface area contributed by atoms with E-state index in [2.05, 4.69) is 60.7 Å². The van der Waals surface area contributed by atoms with E-state index in [4.69, 9.17) is 11.6 Å². The van der Waals surface area contributed by atoms with Gasteiger partial charge in [0.25, 0.3) is 0 Å². The molecule has 2 aromatic carbocycles. The van der Waals surface area contributed by atoms with E-state index in [0.717, 1.165) is 18.7 Å². The maximum atomic E-state index is 5.97. The highest BCUT2D eigenvalue weighted by molar-refractivity contribution is 6.30. The van der Waals surface area contributed by atoms with Crippen LogP contribution in [0.25, 0.3) is 5.69 Å². The van der Waals surface area contributed by atoms with Crippen LogP contribution in [0.2, 0.25) is 5.02 Å². The molecule has 0 saturated carbocycles. The van der Waals surface area contributed by atoms with Crippen LogP contribution in [0.3, 0.4) is 0 Å². The van der Waals surface area contributed by atoms with E-state index >= 15 is 0 Å². The number of nitrogens with zero attached hydrogens (tertiary/aromatic N) is 2. The molecule has 0 bridgehead atoms. The molecule has 3 aromatic rings. The van der Waals surface area contributed by atoms with Gasteiger partial charge in [0.2, 0.25) is 0 Å². The molecule has 0 amide bonds. The van der Waals surface area contributed by atoms with Gasteiger partial charge in [-0.15, -0.1) is 0 Å². The molecule has 1 aliphatic rings. The van der Waals surface area contributed by atoms with E-state index in [0.29, 0.717) is 11.1 Å². The molecule has 1 aromatic heterocycles. The summed E-state index contributed by atoms with van der Waals surface area (Å²) in [6.07, 6.45) is 8.37. The van der Waals surface area contributed by atoms with Crippen molar-refractivity contribution in [2.75, 3.05) is 0 Å². The predicted octanol–water partition coefficient (Wildman–Crippen LogP) is 5.04. The van der Waals surface area contributed by atoms with E-state index in [-0.39, 0.29) is 0 Å². The summed E-state index contributed by atoms with van der Waals surface area (Å²) < 4.78 is 1.81. The molecule has 27 heavy (non-hydrogen) atoms. The molecule has 0 saturated heterocycles. The minimum atomic E-state index is 0.438. The average Bonchev–Trinajstić information content (AvgIpc) is 3.29. The summed E-state index contributed by atoms with van der Waals surface area (Å²) in [7, 11) is 0. The Bertz CT molecular complexity index is 945. The van der Waals surface area contributed by atoms with Crippen molar-refractivity contribution in [3.63, 3.8) is 0 Å². The van der Waals surface area contributed by atoms with Gasteiger partial charge in [-0.2, -0.15) is 5.10 Å². The fourth-order valence-electron chi connectivity index (χ4n) is 3.92. The number of halogens is 1. The number of hydrogen-bond acceptors (Lipinski definition) is 2. The zero-order valence-electron chi connectivity index (χ0n) is 16.0. The average molecular weight is 380 g/mol. The maximum absolute atomic E-state index is 5.97. The van der Waals surface area contributed by atoms with E-state index in [1.54, 1.807) is 17.3 Å². The largest absolute Gasteiger partial charge is 0.310 e. The Morgan fingerprint density at radius 2 is 2.00 bits per heavy atom. The van der Waals surface area contributed by atoms with Gasteiger partial charge in [0, 0.05) is 18.8 Å². The standard InChI is InChI=1S/C23H26ClN3/c1-16-10-23(27-15-22(24)14-26-27)9-8-21(16)13-25-17(2)11-18-6-7-19-4-3-5-20(19)12-18/h6-10,12,14-15,17,25H,3-5,11,13H2,1-2H3/t17-/m1/s1. The van der Waals surface area contributed by atoms with Crippen LogP contribution in [0, 0.1) is 6.92 Å². The van der Waals surface area contributed by atoms with Gasteiger partial charge < -0.3 is 5.32 Å². The number of aryl methyl sites for hydroxylation is 3. The second-order valence-corrected chi connectivity index (χ2v) is 8.09. The first-order chi connectivity index (χ1) is 13.1. The summed E-state index contributed by atoms with van der Waals surface area (Å²) in [5, 5.41) is 8.60. The van der Waals surface area contributed by atoms with Crippen LogP contribution in [0.1, 0.15) is 41.2 Å². The second kappa shape index (κ2) is 7.87. The first-order valence-electron chi connectivity index (χ1n) is 9.72. The lowest BCUT2D eigenvalue weighted by Gasteiger charge is -2.16. The molecule has 1 aliphatic carbocycles. The monoisotopic (exact) mass is 379 g/mol. The first kappa shape index (κ1) is 18.3. The molecule has 1 N–H and O–H groups in total. The number of nitrogens with one attached hydrogen (secondary N) is 1. The van der Waals surface area contributed by atoms with Gasteiger partial charge >= 0.3 is 0 Å². The predicted molar refractivity (Wildman–Crippen MR) is 112 cm³/mol. The van der Waals surface area contributed by atoms with Crippen molar-refractivity contribution in [2.45, 2.75) is 52.1 Å². The molecule has 3 nitrogen and oxygen atoms in total. The highest BCUT2D eigenvalue weighted by Crippen LogP contribution is 2.23. The third-order valence-corrected chi connectivity index (χ3v) is 5.68. The third-order valence-electron chi connectivity index (χ3n) is 5.49. The van der Waals surface area contributed by atoms with Crippen molar-refractivity contribution in [2.24, 2.45) is 0 Å². The molecule has 4 heteroatoms. The Hall–Kier alpha value is -2.10. The fourth-order valence-corrected chi connectivity index (χ4v) is 4.06. The number of hydrogen-bond donors (Lipinski definition) is 1. The molecule has 0 fully saturated rings. The van der Waals surface area contributed by atoms with Gasteiger partial charge in [0.1, 0.15) is 0 Å². The van der Waals surface area contributed by atoms with Crippen LogP contribution >= 0.6 is 11.6 Å². The van der Waals surface area contributed by atoms with Gasteiger partial charge in [0.05, 0.1) is 16.9 Å². The van der Waals surface area contributed by atoms with Crippen molar-refractivity contribution >= 4 is 11.6 Å². The Balaban J connectivity index is 1.36. The molecule has 4 rings (SSSR count). The first-order valence-corrected chi connectivity index (χ1v) is 10.1. The highest BCUT2D eigenvalue weighted by Gasteiger charge is 2.12.